The van der Waals surface area contributed by atoms with Gasteiger partial charge in [0.15, 0.2) is 0 Å². The summed E-state index contributed by atoms with van der Waals surface area (Å²) in [6, 6.07) is 6.37. The summed E-state index contributed by atoms with van der Waals surface area (Å²) in [5, 5.41) is 6.46. The lowest BCUT2D eigenvalue weighted by atomic mass is 10.1. The number of aromatic nitrogens is 3. The van der Waals surface area contributed by atoms with Gasteiger partial charge in [0.1, 0.15) is 28.7 Å². The number of benzene rings is 1. The van der Waals surface area contributed by atoms with E-state index >= 15 is 0 Å². The molecular formula is C20H17F2N5O2. The lowest BCUT2D eigenvalue weighted by Gasteiger charge is -2.08. The molecule has 29 heavy (non-hydrogen) atoms. The van der Waals surface area contributed by atoms with E-state index in [2.05, 4.69) is 25.4 Å². The number of amides is 1. The van der Waals surface area contributed by atoms with Crippen LogP contribution in [0.3, 0.4) is 0 Å². The summed E-state index contributed by atoms with van der Waals surface area (Å²) in [7, 11) is 0. The van der Waals surface area contributed by atoms with Crippen LogP contribution in [0.2, 0.25) is 0 Å². The van der Waals surface area contributed by atoms with Crippen LogP contribution in [0, 0.1) is 18.6 Å². The monoisotopic (exact) mass is 397 g/mol. The first-order valence-electron chi connectivity index (χ1n) is 8.73. The standard InChI is InChI=1S/C20H17F2N5O2/c1-3-16(27-29-20-12(2)23-9-10-24-20)13-7-8-17(25-11-13)26-19(28)18-14(21)5-4-6-15(18)22/h4-11H,3H2,1-2H3,(H,25,26,28)/b27-16-. The molecule has 9 heteroatoms. The minimum absolute atomic E-state index is 0.141. The summed E-state index contributed by atoms with van der Waals surface area (Å²) < 4.78 is 27.4. The smallest absolute Gasteiger partial charge is 0.270 e. The molecule has 2 heterocycles. The van der Waals surface area contributed by atoms with E-state index < -0.39 is 23.1 Å². The number of hydrogen-bond donors (Lipinski definition) is 1. The predicted octanol–water partition coefficient (Wildman–Crippen LogP) is 3.90. The van der Waals surface area contributed by atoms with Crippen molar-refractivity contribution in [2.75, 3.05) is 5.32 Å². The van der Waals surface area contributed by atoms with Crippen molar-refractivity contribution in [3.05, 3.63) is 77.4 Å². The van der Waals surface area contributed by atoms with Crippen molar-refractivity contribution in [2.24, 2.45) is 5.16 Å². The van der Waals surface area contributed by atoms with Crippen LogP contribution in [-0.2, 0) is 0 Å². The molecule has 3 aromatic rings. The molecule has 0 saturated heterocycles. The summed E-state index contributed by atoms with van der Waals surface area (Å²) >= 11 is 0. The highest BCUT2D eigenvalue weighted by Crippen LogP contribution is 2.16. The van der Waals surface area contributed by atoms with Gasteiger partial charge in [0.2, 0.25) is 0 Å². The van der Waals surface area contributed by atoms with Crippen LogP contribution in [0.25, 0.3) is 0 Å². The van der Waals surface area contributed by atoms with Gasteiger partial charge in [-0.1, -0.05) is 18.1 Å². The van der Waals surface area contributed by atoms with Gasteiger partial charge in [0.05, 0.1) is 5.71 Å². The molecule has 148 valence electrons. The van der Waals surface area contributed by atoms with Crippen LogP contribution in [0.5, 0.6) is 5.88 Å². The Morgan fingerprint density at radius 2 is 1.83 bits per heavy atom. The molecule has 0 atom stereocenters. The zero-order valence-electron chi connectivity index (χ0n) is 15.7. The fourth-order valence-corrected chi connectivity index (χ4v) is 2.44. The van der Waals surface area contributed by atoms with E-state index in [0.29, 0.717) is 29.3 Å². The summed E-state index contributed by atoms with van der Waals surface area (Å²) in [5.74, 6) is -2.39. The maximum atomic E-state index is 13.7. The molecule has 1 aromatic carbocycles. The molecule has 0 spiro atoms. The van der Waals surface area contributed by atoms with Crippen molar-refractivity contribution in [1.29, 1.82) is 0 Å². The summed E-state index contributed by atoms with van der Waals surface area (Å²) in [5.41, 5.74) is 1.19. The molecule has 1 amide bonds. The van der Waals surface area contributed by atoms with Crippen molar-refractivity contribution in [3.63, 3.8) is 0 Å². The average molecular weight is 397 g/mol. The van der Waals surface area contributed by atoms with Gasteiger partial charge in [0, 0.05) is 24.2 Å². The summed E-state index contributed by atoms with van der Waals surface area (Å²) in [6.45, 7) is 3.64. The van der Waals surface area contributed by atoms with E-state index in [1.54, 1.807) is 19.2 Å². The predicted molar refractivity (Wildman–Crippen MR) is 103 cm³/mol. The van der Waals surface area contributed by atoms with Gasteiger partial charge >= 0.3 is 0 Å². The number of aryl methyl sites for hydroxylation is 1. The Hall–Kier alpha value is -3.75. The molecular weight excluding hydrogens is 380 g/mol. The number of carbonyl (C=O) groups is 1. The van der Waals surface area contributed by atoms with Crippen LogP contribution in [0.4, 0.5) is 14.6 Å². The SMILES string of the molecule is CC/C(=N/Oc1nccnc1C)c1ccc(NC(=O)c2c(F)cccc2F)nc1. The molecule has 0 bridgehead atoms. The molecule has 0 aliphatic heterocycles. The molecule has 2 aromatic heterocycles. The number of halogens is 2. The third-order valence-electron chi connectivity index (χ3n) is 3.94. The number of pyridine rings is 1. The van der Waals surface area contributed by atoms with Crippen molar-refractivity contribution in [3.8, 4) is 5.88 Å². The van der Waals surface area contributed by atoms with E-state index in [4.69, 9.17) is 4.84 Å². The maximum absolute atomic E-state index is 13.7. The summed E-state index contributed by atoms with van der Waals surface area (Å²) in [6.07, 6.45) is 5.08. The highest BCUT2D eigenvalue weighted by atomic mass is 19.1. The molecule has 0 unspecified atom stereocenters. The van der Waals surface area contributed by atoms with Gasteiger partial charge in [-0.15, -0.1) is 0 Å². The maximum Gasteiger partial charge on any atom is 0.270 e. The van der Waals surface area contributed by atoms with Crippen molar-refractivity contribution in [1.82, 2.24) is 15.0 Å². The Morgan fingerprint density at radius 1 is 1.10 bits per heavy atom. The van der Waals surface area contributed by atoms with Gasteiger partial charge < -0.3 is 10.2 Å². The second-order valence-corrected chi connectivity index (χ2v) is 5.91. The van der Waals surface area contributed by atoms with Crippen molar-refractivity contribution >= 4 is 17.4 Å². The normalized spacial score (nSPS) is 11.2. The number of nitrogens with zero attached hydrogens (tertiary/aromatic N) is 4. The lowest BCUT2D eigenvalue weighted by Crippen LogP contribution is -2.16. The molecule has 0 fully saturated rings. The van der Waals surface area contributed by atoms with Gasteiger partial charge in [0.25, 0.3) is 11.8 Å². The zero-order chi connectivity index (χ0) is 20.8. The third kappa shape index (κ3) is 4.75. The van der Waals surface area contributed by atoms with Gasteiger partial charge in [-0.05, 0) is 37.6 Å². The van der Waals surface area contributed by atoms with Crippen LogP contribution in [0.1, 0.15) is 35.0 Å². The number of oxime groups is 1. The molecule has 0 aliphatic carbocycles. The van der Waals surface area contributed by atoms with Crippen LogP contribution >= 0.6 is 0 Å². The first-order chi connectivity index (χ1) is 14.0. The molecule has 0 radical (unpaired) electrons. The Bertz CT molecular complexity index is 1030. The molecule has 1 N–H and O–H groups in total. The van der Waals surface area contributed by atoms with Crippen LogP contribution < -0.4 is 10.2 Å². The Morgan fingerprint density at radius 3 is 2.45 bits per heavy atom. The first-order valence-corrected chi connectivity index (χ1v) is 8.73. The van der Waals surface area contributed by atoms with Crippen LogP contribution in [0.15, 0.2) is 54.1 Å². The molecule has 7 nitrogen and oxygen atoms in total. The average Bonchev–Trinajstić information content (AvgIpc) is 2.70. The highest BCUT2D eigenvalue weighted by Gasteiger charge is 2.17. The minimum Gasteiger partial charge on any atom is -0.334 e. The largest absolute Gasteiger partial charge is 0.334 e. The van der Waals surface area contributed by atoms with Gasteiger partial charge in [-0.2, -0.15) is 0 Å². The van der Waals surface area contributed by atoms with Gasteiger partial charge in [-0.25, -0.2) is 18.7 Å². The summed E-state index contributed by atoms with van der Waals surface area (Å²) in [4.78, 5) is 29.7. The van der Waals surface area contributed by atoms with E-state index in [1.807, 2.05) is 6.92 Å². The topological polar surface area (TPSA) is 89.4 Å². The molecule has 0 saturated carbocycles. The fourth-order valence-electron chi connectivity index (χ4n) is 2.44. The zero-order valence-corrected chi connectivity index (χ0v) is 15.7. The van der Waals surface area contributed by atoms with Crippen LogP contribution in [-0.4, -0.2) is 26.6 Å². The lowest BCUT2D eigenvalue weighted by molar-refractivity contribution is 0.101. The van der Waals surface area contributed by atoms with E-state index in [1.165, 1.54) is 24.5 Å². The van der Waals surface area contributed by atoms with E-state index in [9.17, 15) is 13.6 Å². The quantitative estimate of drug-likeness (QED) is 0.503. The van der Waals surface area contributed by atoms with Crippen molar-refractivity contribution < 1.29 is 18.4 Å². The fraction of sp³-hybridized carbons (Fsp3) is 0.150. The third-order valence-corrected chi connectivity index (χ3v) is 3.94. The second kappa shape index (κ2) is 8.96. The first kappa shape index (κ1) is 20.0. The Labute approximate surface area is 165 Å². The number of carbonyl (C=O) groups excluding carboxylic acids is 1. The molecule has 0 aliphatic rings. The molecule has 3 rings (SSSR count). The van der Waals surface area contributed by atoms with E-state index in [0.717, 1.165) is 12.1 Å². The number of rotatable bonds is 6. The Kier molecular flexibility index (Phi) is 6.18. The minimum atomic E-state index is -0.948. The number of anilines is 1. The van der Waals surface area contributed by atoms with Crippen molar-refractivity contribution in [2.45, 2.75) is 20.3 Å². The number of nitrogens with one attached hydrogen (secondary N) is 1. The Balaban J connectivity index is 1.74. The highest BCUT2D eigenvalue weighted by molar-refractivity contribution is 6.04. The second-order valence-electron chi connectivity index (χ2n) is 5.91. The van der Waals surface area contributed by atoms with E-state index in [-0.39, 0.29) is 5.82 Å². The number of hydrogen-bond acceptors (Lipinski definition) is 6. The van der Waals surface area contributed by atoms with Gasteiger partial charge in [-0.3, -0.25) is 9.78 Å².